The van der Waals surface area contributed by atoms with Gasteiger partial charge in [-0.1, -0.05) is 13.3 Å². The van der Waals surface area contributed by atoms with Crippen molar-refractivity contribution in [3.8, 4) is 0 Å². The topological polar surface area (TPSA) is 78.9 Å². The van der Waals surface area contributed by atoms with E-state index in [-0.39, 0.29) is 17.4 Å². The second-order valence-electron chi connectivity index (χ2n) is 4.85. The summed E-state index contributed by atoms with van der Waals surface area (Å²) >= 11 is 1.54. The van der Waals surface area contributed by atoms with Crippen LogP contribution in [0.5, 0.6) is 0 Å². The van der Waals surface area contributed by atoms with Crippen molar-refractivity contribution in [3.05, 3.63) is 0 Å². The Kier molecular flexibility index (Phi) is 7.15. The van der Waals surface area contributed by atoms with Crippen LogP contribution in [0.25, 0.3) is 0 Å². The van der Waals surface area contributed by atoms with Crippen molar-refractivity contribution in [2.45, 2.75) is 51.1 Å². The third-order valence-corrected chi connectivity index (χ3v) is 4.45. The quantitative estimate of drug-likeness (QED) is 0.749. The Balaban J connectivity index is 2.66. The molecule has 1 heterocycles. The van der Waals surface area contributed by atoms with Crippen LogP contribution in [0.15, 0.2) is 0 Å². The Labute approximate surface area is 124 Å². The molecule has 2 N–H and O–H groups in total. The maximum Gasteiger partial charge on any atom is 0.327 e. The molecule has 0 bridgehead atoms. The number of rotatable bonds is 7. The zero-order chi connectivity index (χ0) is 15.1. The zero-order valence-corrected chi connectivity index (χ0v) is 13.1. The first-order valence-electron chi connectivity index (χ1n) is 7.02. The Morgan fingerprint density at radius 3 is 2.75 bits per heavy atom. The molecule has 2 amide bonds. The van der Waals surface area contributed by atoms with E-state index < -0.39 is 12.0 Å². The monoisotopic (exact) mass is 304 g/mol. The molecule has 0 aromatic heterocycles. The van der Waals surface area contributed by atoms with Gasteiger partial charge in [-0.05, 0) is 20.3 Å². The van der Waals surface area contributed by atoms with Gasteiger partial charge in [-0.25, -0.2) is 9.59 Å². The van der Waals surface area contributed by atoms with Gasteiger partial charge in [0.05, 0.1) is 18.0 Å². The molecule has 0 saturated carbocycles. The molecule has 1 rings (SSSR count). The third kappa shape index (κ3) is 4.56. The summed E-state index contributed by atoms with van der Waals surface area (Å²) in [5.41, 5.74) is 0. The van der Waals surface area contributed by atoms with Gasteiger partial charge in [0.15, 0.2) is 0 Å². The maximum absolute atomic E-state index is 12.3. The average molecular weight is 304 g/mol. The molecule has 0 radical (unpaired) electrons. The van der Waals surface area contributed by atoms with E-state index in [0.29, 0.717) is 19.0 Å². The second kappa shape index (κ2) is 8.36. The van der Waals surface area contributed by atoms with Gasteiger partial charge in [0.1, 0.15) is 6.04 Å². The highest BCUT2D eigenvalue weighted by Crippen LogP contribution is 2.32. The Morgan fingerprint density at radius 2 is 2.20 bits per heavy atom. The lowest BCUT2D eigenvalue weighted by Gasteiger charge is -2.28. The lowest BCUT2D eigenvalue weighted by Crippen LogP contribution is -2.52. The molecule has 0 aliphatic carbocycles. The molecule has 3 atom stereocenters. The van der Waals surface area contributed by atoms with Crippen molar-refractivity contribution in [3.63, 3.8) is 0 Å². The second-order valence-corrected chi connectivity index (χ2v) is 6.06. The molecule has 7 heteroatoms. The summed E-state index contributed by atoms with van der Waals surface area (Å²) in [6.45, 7) is 6.79. The standard InChI is InChI=1S/C13H24N2O4S/c1-4-6-11-15(10(8-20-11)12(16)17)13(18)14-9(3)7-19-5-2/h9-11H,4-8H2,1-3H3,(H,14,18)(H,16,17). The Bertz CT molecular complexity index is 340. The number of carbonyl (C=O) groups excluding carboxylic acids is 1. The van der Waals surface area contributed by atoms with Gasteiger partial charge in [-0.15, -0.1) is 11.8 Å². The van der Waals surface area contributed by atoms with Crippen LogP contribution in [0.1, 0.15) is 33.6 Å². The molecule has 6 nitrogen and oxygen atoms in total. The van der Waals surface area contributed by atoms with Gasteiger partial charge < -0.3 is 15.2 Å². The molecule has 0 aromatic rings. The minimum Gasteiger partial charge on any atom is -0.480 e. The van der Waals surface area contributed by atoms with Crippen LogP contribution in [0.4, 0.5) is 4.79 Å². The van der Waals surface area contributed by atoms with Gasteiger partial charge in [-0.2, -0.15) is 0 Å². The molecule has 3 unspecified atom stereocenters. The van der Waals surface area contributed by atoms with Gasteiger partial charge in [0.25, 0.3) is 0 Å². The molecular weight excluding hydrogens is 280 g/mol. The third-order valence-electron chi connectivity index (χ3n) is 3.09. The number of urea groups is 1. The molecule has 1 saturated heterocycles. The summed E-state index contributed by atoms with van der Waals surface area (Å²) in [6, 6.07) is -1.19. The van der Waals surface area contributed by atoms with Gasteiger partial charge in [0, 0.05) is 12.4 Å². The van der Waals surface area contributed by atoms with E-state index in [9.17, 15) is 14.7 Å². The first-order valence-corrected chi connectivity index (χ1v) is 8.07. The van der Waals surface area contributed by atoms with Crippen molar-refractivity contribution in [2.75, 3.05) is 19.0 Å². The van der Waals surface area contributed by atoms with E-state index in [4.69, 9.17) is 4.74 Å². The first kappa shape index (κ1) is 17.1. The molecule has 1 aliphatic rings. The number of carboxylic acids is 1. The highest BCUT2D eigenvalue weighted by atomic mass is 32.2. The number of hydrogen-bond acceptors (Lipinski definition) is 4. The number of nitrogens with zero attached hydrogens (tertiary/aromatic N) is 1. The summed E-state index contributed by atoms with van der Waals surface area (Å²) in [5.74, 6) is -0.489. The number of aliphatic carboxylic acids is 1. The van der Waals surface area contributed by atoms with Crippen molar-refractivity contribution in [1.29, 1.82) is 0 Å². The van der Waals surface area contributed by atoms with Crippen LogP contribution in [0.3, 0.4) is 0 Å². The zero-order valence-electron chi connectivity index (χ0n) is 12.3. The predicted molar refractivity (Wildman–Crippen MR) is 78.9 cm³/mol. The number of thioether (sulfide) groups is 1. The fraction of sp³-hybridized carbons (Fsp3) is 0.846. The smallest absolute Gasteiger partial charge is 0.327 e. The largest absolute Gasteiger partial charge is 0.480 e. The predicted octanol–water partition coefficient (Wildman–Crippen LogP) is 1.75. The van der Waals surface area contributed by atoms with Gasteiger partial charge in [-0.3, -0.25) is 4.90 Å². The lowest BCUT2D eigenvalue weighted by molar-refractivity contribution is -0.141. The van der Waals surface area contributed by atoms with E-state index in [1.807, 2.05) is 20.8 Å². The lowest BCUT2D eigenvalue weighted by atomic mass is 10.2. The Morgan fingerprint density at radius 1 is 1.50 bits per heavy atom. The van der Waals surface area contributed by atoms with E-state index in [2.05, 4.69) is 5.32 Å². The normalized spacial score (nSPS) is 23.6. The van der Waals surface area contributed by atoms with Crippen LogP contribution < -0.4 is 5.32 Å². The van der Waals surface area contributed by atoms with Crippen molar-refractivity contribution in [1.82, 2.24) is 10.2 Å². The number of carbonyl (C=O) groups is 2. The number of ether oxygens (including phenoxy) is 1. The highest BCUT2D eigenvalue weighted by molar-refractivity contribution is 8.00. The van der Waals surface area contributed by atoms with Crippen molar-refractivity contribution in [2.24, 2.45) is 0 Å². The minimum absolute atomic E-state index is 0.0552. The molecule has 0 spiro atoms. The van der Waals surface area contributed by atoms with Crippen LogP contribution in [0.2, 0.25) is 0 Å². The molecule has 0 aromatic carbocycles. The van der Waals surface area contributed by atoms with E-state index in [0.717, 1.165) is 12.8 Å². The fourth-order valence-corrected chi connectivity index (χ4v) is 3.63. The summed E-state index contributed by atoms with van der Waals surface area (Å²) in [6.07, 6.45) is 1.73. The maximum atomic E-state index is 12.3. The van der Waals surface area contributed by atoms with Crippen LogP contribution in [-0.4, -0.2) is 58.4 Å². The van der Waals surface area contributed by atoms with E-state index in [1.54, 1.807) is 0 Å². The average Bonchev–Trinajstić information content (AvgIpc) is 2.80. The summed E-state index contributed by atoms with van der Waals surface area (Å²) in [4.78, 5) is 25.0. The van der Waals surface area contributed by atoms with E-state index >= 15 is 0 Å². The molecule has 20 heavy (non-hydrogen) atoms. The van der Waals surface area contributed by atoms with Crippen LogP contribution in [-0.2, 0) is 9.53 Å². The Hall–Kier alpha value is -0.950. The summed E-state index contributed by atoms with van der Waals surface area (Å²) in [7, 11) is 0. The van der Waals surface area contributed by atoms with Crippen LogP contribution >= 0.6 is 11.8 Å². The summed E-state index contributed by atoms with van der Waals surface area (Å²) in [5, 5.41) is 12.0. The first-order chi connectivity index (χ1) is 9.51. The SMILES string of the molecule is CCCC1SCC(C(=O)O)N1C(=O)NC(C)COCC. The van der Waals surface area contributed by atoms with Gasteiger partial charge >= 0.3 is 12.0 Å². The molecule has 1 aliphatic heterocycles. The molecule has 1 fully saturated rings. The number of amides is 2. The van der Waals surface area contributed by atoms with Crippen LogP contribution in [0, 0.1) is 0 Å². The fourth-order valence-electron chi connectivity index (χ4n) is 2.12. The number of hydrogen-bond donors (Lipinski definition) is 2. The minimum atomic E-state index is -0.941. The van der Waals surface area contributed by atoms with Gasteiger partial charge in [0.2, 0.25) is 0 Å². The highest BCUT2D eigenvalue weighted by Gasteiger charge is 2.41. The van der Waals surface area contributed by atoms with E-state index in [1.165, 1.54) is 16.7 Å². The molecule has 116 valence electrons. The summed E-state index contributed by atoms with van der Waals surface area (Å²) < 4.78 is 5.25. The number of nitrogens with one attached hydrogen (secondary N) is 1. The number of carboxylic acid groups (broad SMARTS) is 1. The van der Waals surface area contributed by atoms with Crippen molar-refractivity contribution < 1.29 is 19.4 Å². The molecular formula is C13H24N2O4S. The van der Waals surface area contributed by atoms with Crippen molar-refractivity contribution >= 4 is 23.8 Å².